The third-order valence-corrected chi connectivity index (χ3v) is 6.30. The molecule has 0 spiro atoms. The van der Waals surface area contributed by atoms with Gasteiger partial charge in [-0.3, -0.25) is 9.59 Å². The van der Waals surface area contributed by atoms with Gasteiger partial charge < -0.3 is 20.1 Å². The number of Topliss-reactive ketones (excluding diaryl/α,β-unsaturated/α-hetero) is 1. The van der Waals surface area contributed by atoms with Crippen LogP contribution in [-0.4, -0.2) is 58.3 Å². The van der Waals surface area contributed by atoms with Crippen molar-refractivity contribution >= 4 is 67.0 Å². The van der Waals surface area contributed by atoms with E-state index in [4.69, 9.17) is 11.6 Å². The van der Waals surface area contributed by atoms with Crippen LogP contribution in [0.25, 0.3) is 21.3 Å². The van der Waals surface area contributed by atoms with Crippen LogP contribution < -0.4 is 10.6 Å². The summed E-state index contributed by atoms with van der Waals surface area (Å²) in [5.41, 5.74) is 3.13. The second-order valence-corrected chi connectivity index (χ2v) is 9.54. The first kappa shape index (κ1) is 23.2. The lowest BCUT2D eigenvalue weighted by molar-refractivity contribution is -0.121. The fraction of sp³-hybridized carbons (Fsp3) is 0.304. The molecule has 33 heavy (non-hydrogen) atoms. The molecule has 10 heteroatoms. The van der Waals surface area contributed by atoms with Gasteiger partial charge in [-0.1, -0.05) is 22.9 Å². The highest BCUT2D eigenvalue weighted by molar-refractivity contribution is 7.22. The van der Waals surface area contributed by atoms with Gasteiger partial charge in [-0.05, 0) is 56.9 Å². The Labute approximate surface area is 200 Å². The molecule has 0 unspecified atom stereocenters. The maximum atomic E-state index is 12.6. The average Bonchev–Trinajstić information content (AvgIpc) is 3.30. The minimum atomic E-state index is -0.0430. The van der Waals surface area contributed by atoms with Crippen molar-refractivity contribution in [1.29, 1.82) is 0 Å². The Morgan fingerprint density at radius 1 is 1.12 bits per heavy atom. The number of ketones is 1. The maximum Gasteiger partial charge on any atom is 0.234 e. The summed E-state index contributed by atoms with van der Waals surface area (Å²) < 4.78 is 2.93. The molecule has 0 aliphatic rings. The molecule has 2 aromatic carbocycles. The van der Waals surface area contributed by atoms with E-state index in [0.29, 0.717) is 42.5 Å². The van der Waals surface area contributed by atoms with E-state index in [-0.39, 0.29) is 11.7 Å². The van der Waals surface area contributed by atoms with Crippen molar-refractivity contribution in [1.82, 2.24) is 24.8 Å². The van der Waals surface area contributed by atoms with Gasteiger partial charge in [0.05, 0.1) is 27.8 Å². The predicted molar refractivity (Wildman–Crippen MR) is 134 cm³/mol. The average molecular weight is 485 g/mol. The van der Waals surface area contributed by atoms with Crippen molar-refractivity contribution in [3.63, 3.8) is 0 Å². The predicted octanol–water partition coefficient (Wildman–Crippen LogP) is 4.22. The third-order valence-electron chi connectivity index (χ3n) is 5.13. The Bertz CT molecular complexity index is 1330. The first-order valence-corrected chi connectivity index (χ1v) is 11.7. The molecule has 8 nitrogen and oxygen atoms in total. The first-order chi connectivity index (χ1) is 15.8. The maximum absolute atomic E-state index is 12.6. The number of thiazole rings is 1. The largest absolute Gasteiger partial charge is 0.355 e. The van der Waals surface area contributed by atoms with E-state index in [0.717, 1.165) is 26.4 Å². The number of likely N-dealkylation sites (N-methyl/N-ethyl adjacent to an activating group) is 1. The number of aryl methyl sites for hydroxylation is 1. The summed E-state index contributed by atoms with van der Waals surface area (Å²) in [6.45, 7) is 0.817. The van der Waals surface area contributed by atoms with Crippen molar-refractivity contribution in [3.8, 4) is 0 Å². The smallest absolute Gasteiger partial charge is 0.234 e. The summed E-state index contributed by atoms with van der Waals surface area (Å²) in [6, 6.07) is 11.1. The molecule has 0 bridgehead atoms. The van der Waals surface area contributed by atoms with Crippen molar-refractivity contribution in [2.45, 2.75) is 12.8 Å². The molecule has 0 fully saturated rings. The van der Waals surface area contributed by atoms with E-state index in [9.17, 15) is 9.59 Å². The lowest BCUT2D eigenvalue weighted by Crippen LogP contribution is -2.33. The summed E-state index contributed by atoms with van der Waals surface area (Å²) in [7, 11) is 5.60. The molecule has 4 rings (SSSR count). The molecular formula is C23H25ClN6O2S. The number of amides is 1. The van der Waals surface area contributed by atoms with Crippen molar-refractivity contribution in [2.24, 2.45) is 7.05 Å². The minimum absolute atomic E-state index is 0.0296. The zero-order valence-electron chi connectivity index (χ0n) is 18.7. The minimum Gasteiger partial charge on any atom is -0.355 e. The molecule has 0 atom stereocenters. The van der Waals surface area contributed by atoms with Crippen LogP contribution in [0, 0.1) is 0 Å². The number of imidazole rings is 1. The van der Waals surface area contributed by atoms with Gasteiger partial charge in [0.1, 0.15) is 0 Å². The number of fused-ring (bicyclic) bond motifs is 2. The van der Waals surface area contributed by atoms with E-state index >= 15 is 0 Å². The summed E-state index contributed by atoms with van der Waals surface area (Å²) in [4.78, 5) is 35.4. The second kappa shape index (κ2) is 9.86. The number of anilines is 2. The summed E-state index contributed by atoms with van der Waals surface area (Å²) in [5.74, 6) is 0.629. The van der Waals surface area contributed by atoms with Crippen LogP contribution >= 0.6 is 22.9 Å². The van der Waals surface area contributed by atoms with E-state index in [1.54, 1.807) is 4.90 Å². The van der Waals surface area contributed by atoms with E-state index < -0.39 is 0 Å². The third kappa shape index (κ3) is 5.50. The fourth-order valence-corrected chi connectivity index (χ4v) is 4.63. The van der Waals surface area contributed by atoms with Crippen LogP contribution in [0.2, 0.25) is 5.02 Å². The van der Waals surface area contributed by atoms with Crippen LogP contribution in [0.15, 0.2) is 36.4 Å². The number of carbonyl (C=O) groups excluding carboxylic acids is 2. The van der Waals surface area contributed by atoms with Gasteiger partial charge in [-0.15, -0.1) is 0 Å². The van der Waals surface area contributed by atoms with E-state index in [2.05, 4.69) is 20.6 Å². The number of benzene rings is 2. The van der Waals surface area contributed by atoms with Crippen molar-refractivity contribution in [2.75, 3.05) is 32.5 Å². The Balaban J connectivity index is 1.42. The van der Waals surface area contributed by atoms with Crippen LogP contribution in [0.3, 0.4) is 0 Å². The summed E-state index contributed by atoms with van der Waals surface area (Å²) in [5, 5.41) is 7.50. The van der Waals surface area contributed by atoms with Gasteiger partial charge in [0.2, 0.25) is 11.9 Å². The lowest BCUT2D eigenvalue weighted by Gasteiger charge is -2.09. The molecule has 1 amide bonds. The highest BCUT2D eigenvalue weighted by Gasteiger charge is 2.14. The van der Waals surface area contributed by atoms with Crippen LogP contribution in [0.5, 0.6) is 0 Å². The molecule has 2 aromatic heterocycles. The molecule has 0 aliphatic carbocycles. The number of nitrogens with one attached hydrogen (secondary N) is 2. The van der Waals surface area contributed by atoms with Crippen LogP contribution in [-0.2, 0) is 11.8 Å². The van der Waals surface area contributed by atoms with Gasteiger partial charge in [-0.2, -0.15) is 0 Å². The highest BCUT2D eigenvalue weighted by atomic mass is 35.5. The molecule has 4 aromatic rings. The van der Waals surface area contributed by atoms with Gasteiger partial charge in [0, 0.05) is 30.6 Å². The monoisotopic (exact) mass is 484 g/mol. The van der Waals surface area contributed by atoms with Crippen molar-refractivity contribution in [3.05, 3.63) is 47.0 Å². The molecule has 0 aliphatic heterocycles. The topological polar surface area (TPSA) is 92.2 Å². The summed E-state index contributed by atoms with van der Waals surface area (Å²) >= 11 is 7.58. The summed E-state index contributed by atoms with van der Waals surface area (Å²) in [6.07, 6.45) is 0.951. The zero-order valence-corrected chi connectivity index (χ0v) is 20.3. The zero-order chi connectivity index (χ0) is 23.5. The van der Waals surface area contributed by atoms with Crippen LogP contribution in [0.1, 0.15) is 23.2 Å². The second-order valence-electron chi connectivity index (χ2n) is 8.07. The standard InChI is InChI=1S/C23H25ClN6O2S/c1-29(2)13-21(32)25-10-4-5-19(31)14-6-9-18-17(11-14)26-22(30(18)3)28-23-27-16-8-7-15(24)12-20(16)33-23/h6-9,11-12H,4-5,10,13H2,1-3H3,(H,25,32)(H,26,27,28). The molecule has 2 N–H and O–H groups in total. The van der Waals surface area contributed by atoms with Gasteiger partial charge in [-0.25, -0.2) is 9.97 Å². The number of hydrogen-bond donors (Lipinski definition) is 2. The van der Waals surface area contributed by atoms with Gasteiger partial charge >= 0.3 is 0 Å². The van der Waals surface area contributed by atoms with Gasteiger partial charge in [0.15, 0.2) is 10.9 Å². The number of rotatable bonds is 9. The van der Waals surface area contributed by atoms with Crippen LogP contribution in [0.4, 0.5) is 11.1 Å². The molecule has 0 saturated carbocycles. The highest BCUT2D eigenvalue weighted by Crippen LogP contribution is 2.31. The quantitative estimate of drug-likeness (QED) is 0.273. The normalized spacial score (nSPS) is 11.4. The molecule has 172 valence electrons. The first-order valence-electron chi connectivity index (χ1n) is 10.5. The number of nitrogens with zero attached hydrogens (tertiary/aromatic N) is 4. The Morgan fingerprint density at radius 3 is 2.73 bits per heavy atom. The SMILES string of the molecule is CN(C)CC(=O)NCCCC(=O)c1ccc2c(c1)nc(Nc1nc3ccc(Cl)cc3s1)n2C. The number of aromatic nitrogens is 3. The Kier molecular flexibility index (Phi) is 6.92. The van der Waals surface area contributed by atoms with E-state index in [1.807, 2.05) is 62.1 Å². The molecule has 0 radical (unpaired) electrons. The Morgan fingerprint density at radius 2 is 1.94 bits per heavy atom. The Hall–Kier alpha value is -3.01. The molecule has 2 heterocycles. The van der Waals surface area contributed by atoms with Gasteiger partial charge in [0.25, 0.3) is 0 Å². The number of hydrogen-bond acceptors (Lipinski definition) is 7. The van der Waals surface area contributed by atoms with E-state index in [1.165, 1.54) is 11.3 Å². The van der Waals surface area contributed by atoms with Crippen molar-refractivity contribution < 1.29 is 9.59 Å². The molecular weight excluding hydrogens is 460 g/mol. The number of carbonyl (C=O) groups is 2. The lowest BCUT2D eigenvalue weighted by atomic mass is 10.1. The number of halogens is 1. The fourth-order valence-electron chi connectivity index (χ4n) is 3.50. The molecule has 0 saturated heterocycles.